The molecule has 0 heterocycles. The van der Waals surface area contributed by atoms with Gasteiger partial charge in [0.05, 0.1) is 13.0 Å². The first-order chi connectivity index (χ1) is 9.60. The lowest BCUT2D eigenvalue weighted by atomic mass is 9.86. The van der Waals surface area contributed by atoms with Gasteiger partial charge in [-0.2, -0.15) is 0 Å². The Morgan fingerprint density at radius 2 is 2.20 bits per heavy atom. The number of carboxylic acid groups (broad SMARTS) is 1. The summed E-state index contributed by atoms with van der Waals surface area (Å²) in [6.45, 7) is 4.34. The first-order valence-corrected chi connectivity index (χ1v) is 7.50. The number of aliphatic carboxylic acids is 1. The number of benzene rings is 1. The van der Waals surface area contributed by atoms with Gasteiger partial charge in [0.15, 0.2) is 0 Å². The van der Waals surface area contributed by atoms with Gasteiger partial charge in [-0.15, -0.1) is 0 Å². The summed E-state index contributed by atoms with van der Waals surface area (Å²) < 4.78 is 5.29. The molecule has 0 spiro atoms. The summed E-state index contributed by atoms with van der Waals surface area (Å²) in [6.07, 6.45) is 3.88. The van der Waals surface area contributed by atoms with Crippen molar-refractivity contribution < 1.29 is 14.6 Å². The highest BCUT2D eigenvalue weighted by Gasteiger charge is 2.43. The molecule has 0 radical (unpaired) electrons. The van der Waals surface area contributed by atoms with E-state index in [0.29, 0.717) is 11.8 Å². The van der Waals surface area contributed by atoms with Gasteiger partial charge in [-0.25, -0.2) is 0 Å². The lowest BCUT2D eigenvalue weighted by molar-refractivity contribution is -0.138. The highest BCUT2D eigenvalue weighted by atomic mass is 16.5. The molecular formula is C17H24O3. The van der Waals surface area contributed by atoms with Gasteiger partial charge in [-0.3, -0.25) is 4.79 Å². The van der Waals surface area contributed by atoms with Crippen LogP contribution in [0.5, 0.6) is 5.75 Å². The first-order valence-electron chi connectivity index (χ1n) is 7.50. The molecule has 1 fully saturated rings. The second-order valence-electron chi connectivity index (χ2n) is 5.70. The molecule has 0 amide bonds. The van der Waals surface area contributed by atoms with E-state index in [1.165, 1.54) is 11.1 Å². The average molecular weight is 276 g/mol. The molecule has 1 aliphatic rings. The Morgan fingerprint density at radius 3 is 2.70 bits per heavy atom. The largest absolute Gasteiger partial charge is 0.497 e. The minimum atomic E-state index is -0.629. The fourth-order valence-corrected chi connectivity index (χ4v) is 3.10. The Balaban J connectivity index is 2.13. The van der Waals surface area contributed by atoms with Crippen LogP contribution >= 0.6 is 0 Å². The minimum absolute atomic E-state index is 0.104. The molecule has 0 saturated heterocycles. The monoisotopic (exact) mass is 276 g/mol. The zero-order valence-corrected chi connectivity index (χ0v) is 12.6. The number of rotatable bonds is 7. The van der Waals surface area contributed by atoms with E-state index in [1.807, 2.05) is 6.07 Å². The molecule has 0 aliphatic heterocycles. The minimum Gasteiger partial charge on any atom is -0.497 e. The molecule has 1 aromatic carbocycles. The van der Waals surface area contributed by atoms with Crippen molar-refractivity contribution in [1.29, 1.82) is 0 Å². The van der Waals surface area contributed by atoms with Gasteiger partial charge in [0, 0.05) is 0 Å². The Kier molecular flexibility index (Phi) is 4.69. The summed E-state index contributed by atoms with van der Waals surface area (Å²) >= 11 is 0. The van der Waals surface area contributed by atoms with E-state index in [2.05, 4.69) is 26.0 Å². The standard InChI is InChI=1S/C17H24O3/c1-4-11(8-13-10-16(13)17(18)19)15-7-6-14(20-3)9-12(15)5-2/h6-7,9,11,13,16H,4-5,8,10H2,1-3H3,(H,18,19). The average Bonchev–Trinajstić information content (AvgIpc) is 3.23. The maximum Gasteiger partial charge on any atom is 0.306 e. The summed E-state index contributed by atoms with van der Waals surface area (Å²) in [4.78, 5) is 11.0. The smallest absolute Gasteiger partial charge is 0.306 e. The summed E-state index contributed by atoms with van der Waals surface area (Å²) in [5.41, 5.74) is 2.69. The van der Waals surface area contributed by atoms with Gasteiger partial charge in [-0.1, -0.05) is 19.9 Å². The van der Waals surface area contributed by atoms with E-state index >= 15 is 0 Å². The summed E-state index contributed by atoms with van der Waals surface area (Å²) in [7, 11) is 1.69. The predicted molar refractivity (Wildman–Crippen MR) is 79.3 cm³/mol. The van der Waals surface area contributed by atoms with Crippen LogP contribution in [-0.2, 0) is 11.2 Å². The molecule has 3 heteroatoms. The molecule has 0 bridgehead atoms. The van der Waals surface area contributed by atoms with Crippen LogP contribution in [0.2, 0.25) is 0 Å². The Bertz CT molecular complexity index is 481. The molecule has 1 N–H and O–H groups in total. The van der Waals surface area contributed by atoms with Crippen LogP contribution in [0.3, 0.4) is 0 Å². The molecule has 1 saturated carbocycles. The number of carboxylic acids is 1. The molecule has 3 atom stereocenters. The highest BCUT2D eigenvalue weighted by molar-refractivity contribution is 5.73. The van der Waals surface area contributed by atoms with E-state index in [9.17, 15) is 4.79 Å². The molecule has 20 heavy (non-hydrogen) atoms. The van der Waals surface area contributed by atoms with Gasteiger partial charge in [0.1, 0.15) is 5.75 Å². The second-order valence-corrected chi connectivity index (χ2v) is 5.70. The third-order valence-corrected chi connectivity index (χ3v) is 4.49. The Hall–Kier alpha value is -1.51. The Labute approximate surface area is 121 Å². The second kappa shape index (κ2) is 6.29. The van der Waals surface area contributed by atoms with Crippen molar-refractivity contribution in [1.82, 2.24) is 0 Å². The zero-order chi connectivity index (χ0) is 14.7. The van der Waals surface area contributed by atoms with Gasteiger partial charge >= 0.3 is 5.97 Å². The highest BCUT2D eigenvalue weighted by Crippen LogP contribution is 2.46. The molecule has 3 unspecified atom stereocenters. The molecular weight excluding hydrogens is 252 g/mol. The van der Waals surface area contributed by atoms with Crippen LogP contribution < -0.4 is 4.74 Å². The van der Waals surface area contributed by atoms with Crippen LogP contribution in [0.4, 0.5) is 0 Å². The maximum atomic E-state index is 11.0. The predicted octanol–water partition coefficient (Wildman–Crippen LogP) is 3.86. The molecule has 0 aromatic heterocycles. The number of carbonyl (C=O) groups is 1. The first kappa shape index (κ1) is 14.9. The number of hydrogen-bond acceptors (Lipinski definition) is 2. The zero-order valence-electron chi connectivity index (χ0n) is 12.6. The van der Waals surface area contributed by atoms with Crippen molar-refractivity contribution in [3.63, 3.8) is 0 Å². The normalized spacial score (nSPS) is 22.4. The quantitative estimate of drug-likeness (QED) is 0.822. The van der Waals surface area contributed by atoms with Crippen LogP contribution in [0.1, 0.15) is 50.2 Å². The number of ether oxygens (including phenoxy) is 1. The molecule has 2 rings (SSSR count). The third-order valence-electron chi connectivity index (χ3n) is 4.49. The lowest BCUT2D eigenvalue weighted by Crippen LogP contribution is -2.06. The number of aryl methyl sites for hydroxylation is 1. The number of methoxy groups -OCH3 is 1. The fraction of sp³-hybridized carbons (Fsp3) is 0.588. The lowest BCUT2D eigenvalue weighted by Gasteiger charge is -2.19. The third kappa shape index (κ3) is 3.14. The topological polar surface area (TPSA) is 46.5 Å². The summed E-state index contributed by atoms with van der Waals surface area (Å²) in [5.74, 6) is 0.993. The van der Waals surface area contributed by atoms with Gasteiger partial charge in [-0.05, 0) is 60.8 Å². The van der Waals surface area contributed by atoms with E-state index in [1.54, 1.807) is 7.11 Å². The van der Waals surface area contributed by atoms with Crippen molar-refractivity contribution in [2.75, 3.05) is 7.11 Å². The van der Waals surface area contributed by atoms with Gasteiger partial charge < -0.3 is 9.84 Å². The summed E-state index contributed by atoms with van der Waals surface area (Å²) in [5, 5.41) is 9.03. The van der Waals surface area contributed by atoms with Crippen molar-refractivity contribution in [2.45, 2.75) is 45.4 Å². The van der Waals surface area contributed by atoms with Crippen molar-refractivity contribution in [3.05, 3.63) is 29.3 Å². The van der Waals surface area contributed by atoms with E-state index in [-0.39, 0.29) is 5.92 Å². The van der Waals surface area contributed by atoms with Crippen molar-refractivity contribution in [3.8, 4) is 5.75 Å². The SMILES string of the molecule is CCc1cc(OC)ccc1C(CC)CC1CC1C(=O)O. The van der Waals surface area contributed by atoms with Gasteiger partial charge in [0.25, 0.3) is 0 Å². The van der Waals surface area contributed by atoms with Gasteiger partial charge in [0.2, 0.25) is 0 Å². The molecule has 1 aromatic rings. The Morgan fingerprint density at radius 1 is 1.45 bits per heavy atom. The molecule has 3 nitrogen and oxygen atoms in total. The molecule has 110 valence electrons. The maximum absolute atomic E-state index is 11.0. The van der Waals surface area contributed by atoms with Crippen molar-refractivity contribution >= 4 is 5.97 Å². The van der Waals surface area contributed by atoms with Crippen LogP contribution in [-0.4, -0.2) is 18.2 Å². The van der Waals surface area contributed by atoms with E-state index in [0.717, 1.165) is 31.4 Å². The van der Waals surface area contributed by atoms with E-state index < -0.39 is 5.97 Å². The van der Waals surface area contributed by atoms with E-state index in [4.69, 9.17) is 9.84 Å². The van der Waals surface area contributed by atoms with Crippen LogP contribution in [0, 0.1) is 11.8 Å². The molecule has 1 aliphatic carbocycles. The van der Waals surface area contributed by atoms with Crippen molar-refractivity contribution in [2.24, 2.45) is 11.8 Å². The number of hydrogen-bond donors (Lipinski definition) is 1. The fourth-order valence-electron chi connectivity index (χ4n) is 3.10. The summed E-state index contributed by atoms with van der Waals surface area (Å²) in [6, 6.07) is 6.28. The van der Waals surface area contributed by atoms with Crippen LogP contribution in [0.25, 0.3) is 0 Å². The van der Waals surface area contributed by atoms with Crippen LogP contribution in [0.15, 0.2) is 18.2 Å².